The van der Waals surface area contributed by atoms with Gasteiger partial charge in [0.2, 0.25) is 0 Å². The molecule has 0 aromatic carbocycles. The normalized spacial score (nSPS) is 13.7. The molecule has 0 aliphatic rings. The van der Waals surface area contributed by atoms with Crippen molar-refractivity contribution < 1.29 is 8.42 Å². The van der Waals surface area contributed by atoms with Gasteiger partial charge in [-0.25, -0.2) is 0 Å². The van der Waals surface area contributed by atoms with Crippen LogP contribution in [-0.2, 0) is 15.6 Å². The zero-order chi connectivity index (χ0) is 14.2. The molecule has 0 aliphatic carbocycles. The van der Waals surface area contributed by atoms with Crippen LogP contribution in [0.2, 0.25) is 0 Å². The van der Waals surface area contributed by atoms with Gasteiger partial charge in [-0.1, -0.05) is 20.8 Å². The zero-order valence-corrected chi connectivity index (χ0v) is 12.6. The maximum atomic E-state index is 11.8. The van der Waals surface area contributed by atoms with Crippen LogP contribution >= 0.6 is 0 Å². The van der Waals surface area contributed by atoms with Crippen molar-refractivity contribution in [2.45, 2.75) is 52.5 Å². The minimum absolute atomic E-state index is 0.103. The van der Waals surface area contributed by atoms with Crippen LogP contribution in [0.5, 0.6) is 0 Å². The maximum Gasteiger partial charge on any atom is 0.300 e. The molecule has 0 fully saturated rings. The van der Waals surface area contributed by atoms with E-state index in [0.717, 1.165) is 5.69 Å². The fraction of sp³-hybridized carbons (Fsp3) is 0.727. The quantitative estimate of drug-likeness (QED) is 0.784. The number of anilines is 1. The predicted octanol–water partition coefficient (Wildman–Crippen LogP) is 1.75. The van der Waals surface area contributed by atoms with Crippen molar-refractivity contribution in [3.8, 4) is 0 Å². The molecule has 0 unspecified atom stereocenters. The van der Waals surface area contributed by atoms with E-state index in [9.17, 15) is 8.42 Å². The average molecular weight is 274 g/mol. The first-order valence-electron chi connectivity index (χ1n) is 5.77. The molecule has 1 heterocycles. The van der Waals surface area contributed by atoms with Gasteiger partial charge in [0.25, 0.3) is 0 Å². The largest absolute Gasteiger partial charge is 0.300 e. The lowest BCUT2D eigenvalue weighted by Crippen LogP contribution is -2.43. The lowest BCUT2D eigenvalue weighted by Gasteiger charge is -2.20. The summed E-state index contributed by atoms with van der Waals surface area (Å²) in [5, 5.41) is 6.77. The predicted molar refractivity (Wildman–Crippen MR) is 72.7 cm³/mol. The van der Waals surface area contributed by atoms with Crippen LogP contribution in [0.15, 0.2) is 6.07 Å². The maximum absolute atomic E-state index is 11.8. The van der Waals surface area contributed by atoms with Crippen LogP contribution in [0.4, 0.5) is 5.82 Å². The molecular weight excluding hydrogens is 252 g/mol. The molecule has 0 aliphatic heterocycles. The van der Waals surface area contributed by atoms with Gasteiger partial charge in [0.1, 0.15) is 0 Å². The molecule has 0 atom stereocenters. The first-order valence-corrected chi connectivity index (χ1v) is 7.25. The molecule has 0 saturated heterocycles. The van der Waals surface area contributed by atoms with E-state index in [2.05, 4.69) is 19.6 Å². The Kier molecular flexibility index (Phi) is 3.78. The summed E-state index contributed by atoms with van der Waals surface area (Å²) in [6, 6.07) is 1.70. The second-order valence-electron chi connectivity index (χ2n) is 6.37. The average Bonchev–Trinajstić information content (AvgIpc) is 2.44. The van der Waals surface area contributed by atoms with E-state index >= 15 is 0 Å². The third-order valence-electron chi connectivity index (χ3n) is 2.07. The zero-order valence-electron chi connectivity index (χ0n) is 11.7. The first-order chi connectivity index (χ1) is 7.89. The molecule has 0 spiro atoms. The number of hydrogen-bond acceptors (Lipinski definition) is 3. The van der Waals surface area contributed by atoms with Crippen LogP contribution in [0.25, 0.3) is 0 Å². The minimum atomic E-state index is -3.61. The smallest absolute Gasteiger partial charge is 0.280 e. The number of nitrogens with zero attached hydrogens (tertiary/aromatic N) is 1. The summed E-state index contributed by atoms with van der Waals surface area (Å²) >= 11 is 0. The van der Waals surface area contributed by atoms with Gasteiger partial charge < -0.3 is 0 Å². The summed E-state index contributed by atoms with van der Waals surface area (Å²) < 4.78 is 28.5. The molecular formula is C11H22N4O2S. The fourth-order valence-corrected chi connectivity index (χ4v) is 2.56. The van der Waals surface area contributed by atoms with E-state index in [-0.39, 0.29) is 11.2 Å². The van der Waals surface area contributed by atoms with E-state index in [0.29, 0.717) is 0 Å². The third-order valence-corrected chi connectivity index (χ3v) is 3.42. The van der Waals surface area contributed by atoms with Crippen molar-refractivity contribution >= 4 is 16.0 Å². The number of nitrogens with one attached hydrogen (secondary N) is 3. The molecule has 6 nitrogen and oxygen atoms in total. The molecule has 1 aromatic heterocycles. The van der Waals surface area contributed by atoms with E-state index in [1.807, 2.05) is 20.8 Å². The number of aromatic nitrogens is 2. The van der Waals surface area contributed by atoms with Gasteiger partial charge in [0.15, 0.2) is 5.82 Å². The number of H-pyrrole nitrogens is 1. The highest BCUT2D eigenvalue weighted by Crippen LogP contribution is 2.22. The molecule has 18 heavy (non-hydrogen) atoms. The molecule has 7 heteroatoms. The second kappa shape index (κ2) is 4.55. The Morgan fingerprint density at radius 3 is 2.11 bits per heavy atom. The van der Waals surface area contributed by atoms with Gasteiger partial charge >= 0.3 is 10.2 Å². The summed E-state index contributed by atoms with van der Waals surface area (Å²) in [6.07, 6.45) is 0. The highest BCUT2D eigenvalue weighted by Gasteiger charge is 2.22. The van der Waals surface area contributed by atoms with Crippen LogP contribution in [0.3, 0.4) is 0 Å². The van der Waals surface area contributed by atoms with Crippen molar-refractivity contribution in [1.29, 1.82) is 0 Å². The summed E-state index contributed by atoms with van der Waals surface area (Å²) in [5.74, 6) is 0.289. The monoisotopic (exact) mass is 274 g/mol. The Hall–Kier alpha value is -1.08. The lowest BCUT2D eigenvalue weighted by molar-refractivity contribution is 0.494. The molecule has 0 radical (unpaired) electrons. The van der Waals surface area contributed by atoms with E-state index in [1.165, 1.54) is 0 Å². The van der Waals surface area contributed by atoms with E-state index in [4.69, 9.17) is 0 Å². The number of rotatable bonds is 3. The summed E-state index contributed by atoms with van der Waals surface area (Å²) in [6.45, 7) is 11.4. The molecule has 104 valence electrons. The van der Waals surface area contributed by atoms with Gasteiger partial charge in [-0.05, 0) is 20.8 Å². The molecule has 0 bridgehead atoms. The van der Waals surface area contributed by atoms with Crippen LogP contribution in [0, 0.1) is 0 Å². The molecule has 0 saturated carbocycles. The van der Waals surface area contributed by atoms with Crippen LogP contribution in [-0.4, -0.2) is 24.2 Å². The Bertz CT molecular complexity index is 506. The van der Waals surface area contributed by atoms with Crippen molar-refractivity contribution in [3.63, 3.8) is 0 Å². The molecule has 3 N–H and O–H groups in total. The summed E-state index contributed by atoms with van der Waals surface area (Å²) in [7, 11) is -3.61. The van der Waals surface area contributed by atoms with Crippen molar-refractivity contribution in [2.24, 2.45) is 0 Å². The molecule has 1 rings (SSSR count). The third kappa shape index (κ3) is 4.66. The Morgan fingerprint density at radius 1 is 1.17 bits per heavy atom. The highest BCUT2D eigenvalue weighted by atomic mass is 32.2. The van der Waals surface area contributed by atoms with E-state index in [1.54, 1.807) is 26.8 Å². The second-order valence-corrected chi connectivity index (χ2v) is 7.79. The van der Waals surface area contributed by atoms with Gasteiger partial charge in [-0.3, -0.25) is 9.82 Å². The Labute approximate surface area is 109 Å². The van der Waals surface area contributed by atoms with Gasteiger partial charge in [-0.2, -0.15) is 18.2 Å². The Balaban J connectivity index is 2.83. The fourth-order valence-electron chi connectivity index (χ4n) is 1.32. The molecule has 1 aromatic rings. The minimum Gasteiger partial charge on any atom is -0.280 e. The SMILES string of the molecule is CC(C)(C)NS(=O)(=O)Nc1cc(C(C)(C)C)[nH]n1. The van der Waals surface area contributed by atoms with Crippen LogP contribution < -0.4 is 9.44 Å². The van der Waals surface area contributed by atoms with Crippen molar-refractivity contribution in [2.75, 3.05) is 4.72 Å². The van der Waals surface area contributed by atoms with Crippen LogP contribution in [0.1, 0.15) is 47.2 Å². The Morgan fingerprint density at radius 2 is 1.72 bits per heavy atom. The number of hydrogen-bond donors (Lipinski definition) is 3. The van der Waals surface area contributed by atoms with Gasteiger partial charge in [0, 0.05) is 22.7 Å². The summed E-state index contributed by atoms with van der Waals surface area (Å²) in [4.78, 5) is 0. The van der Waals surface area contributed by atoms with E-state index < -0.39 is 15.7 Å². The highest BCUT2D eigenvalue weighted by molar-refractivity contribution is 7.90. The van der Waals surface area contributed by atoms with Gasteiger partial charge in [0.05, 0.1) is 0 Å². The van der Waals surface area contributed by atoms with Crippen molar-refractivity contribution in [1.82, 2.24) is 14.9 Å². The number of aromatic amines is 1. The molecule has 0 amide bonds. The van der Waals surface area contributed by atoms with Crippen molar-refractivity contribution in [3.05, 3.63) is 11.8 Å². The topological polar surface area (TPSA) is 86.9 Å². The summed E-state index contributed by atoms with van der Waals surface area (Å²) in [5.41, 5.74) is 0.235. The van der Waals surface area contributed by atoms with Gasteiger partial charge in [-0.15, -0.1) is 0 Å². The standard InChI is InChI=1S/C11H22N4O2S/c1-10(2,3)8-7-9(13-12-8)14-18(16,17)15-11(4,5)6/h7,15H,1-6H3,(H2,12,13,14). The first kappa shape index (κ1) is 15.0. The lowest BCUT2D eigenvalue weighted by atomic mass is 9.92.